The molecule has 0 aliphatic carbocycles. The van der Waals surface area contributed by atoms with E-state index in [1.165, 1.54) is 14.0 Å². The van der Waals surface area contributed by atoms with Crippen LogP contribution in [-0.2, 0) is 33.8 Å². The number of carbonyl (C=O) groups is 3. The molecule has 0 fully saturated rings. The van der Waals surface area contributed by atoms with E-state index in [2.05, 4.69) is 10.4 Å². The number of fused-ring (bicyclic) bond motifs is 2. The van der Waals surface area contributed by atoms with Gasteiger partial charge < -0.3 is 24.3 Å². The standard InChI is InChI=1S/C21H29N5O6.H2/c1-6-13-10-15-25(12-16(27)31-7-2)17-14(18(28)26(15)23-13)11-24(19(17)29)9-8-22-20(30)32-21(3,4)5;/h10H,6-9,11-12H2,1-5H3,(H,22,30);1H. The quantitative estimate of drug-likeness (QED) is 0.633. The molecule has 0 unspecified atom stereocenters. The summed E-state index contributed by atoms with van der Waals surface area (Å²) in [5.41, 5.74) is 0.414. The van der Waals surface area contributed by atoms with E-state index < -0.39 is 29.1 Å². The number of alkyl carbamates (subject to hydrolysis) is 1. The number of esters is 1. The molecular weight excluding hydrogens is 418 g/mol. The van der Waals surface area contributed by atoms with Crippen LogP contribution in [0, 0.1) is 0 Å². The molecule has 1 aliphatic rings. The minimum Gasteiger partial charge on any atom is -0.465 e. The smallest absolute Gasteiger partial charge is 0.407 e. The number of aryl methyl sites for hydroxylation is 1. The number of aromatic nitrogens is 3. The van der Waals surface area contributed by atoms with E-state index in [4.69, 9.17) is 9.47 Å². The fourth-order valence-corrected chi connectivity index (χ4v) is 3.52. The number of hydrogen-bond donors (Lipinski definition) is 1. The van der Waals surface area contributed by atoms with Crippen LogP contribution in [0.1, 0.15) is 57.8 Å². The molecular formula is C21H31N5O6. The number of rotatable bonds is 7. The molecule has 11 nitrogen and oxygen atoms in total. The summed E-state index contributed by atoms with van der Waals surface area (Å²) in [5.74, 6) is -0.911. The Bertz CT molecular complexity index is 1120. The molecule has 0 radical (unpaired) electrons. The van der Waals surface area contributed by atoms with Crippen molar-refractivity contribution in [1.29, 1.82) is 0 Å². The second-order valence-corrected chi connectivity index (χ2v) is 8.44. The fraction of sp³-hybridized carbons (Fsp3) is 0.571. The molecule has 3 rings (SSSR count). The maximum absolute atomic E-state index is 13.2. The molecule has 0 spiro atoms. The number of nitrogens with one attached hydrogen (secondary N) is 1. The van der Waals surface area contributed by atoms with Crippen molar-refractivity contribution < 1.29 is 25.3 Å². The van der Waals surface area contributed by atoms with Gasteiger partial charge in [0.25, 0.3) is 11.5 Å². The van der Waals surface area contributed by atoms with E-state index in [1.54, 1.807) is 33.8 Å². The minimum absolute atomic E-state index is 0. The number of amides is 2. The van der Waals surface area contributed by atoms with Crippen molar-refractivity contribution >= 4 is 23.6 Å². The van der Waals surface area contributed by atoms with Crippen molar-refractivity contribution in [3.8, 4) is 0 Å². The summed E-state index contributed by atoms with van der Waals surface area (Å²) in [6.07, 6.45) is 0.0100. The minimum atomic E-state index is -0.633. The van der Waals surface area contributed by atoms with Gasteiger partial charge >= 0.3 is 12.1 Å². The van der Waals surface area contributed by atoms with E-state index in [-0.39, 0.29) is 45.5 Å². The van der Waals surface area contributed by atoms with Crippen molar-refractivity contribution in [1.82, 2.24) is 24.4 Å². The highest BCUT2D eigenvalue weighted by atomic mass is 16.6. The molecule has 11 heteroatoms. The van der Waals surface area contributed by atoms with Gasteiger partial charge in [0.05, 0.1) is 24.4 Å². The highest BCUT2D eigenvalue weighted by molar-refractivity contribution is 5.97. The Balaban J connectivity index is 0.00000385. The van der Waals surface area contributed by atoms with Crippen LogP contribution in [0.5, 0.6) is 0 Å². The zero-order valence-electron chi connectivity index (χ0n) is 19.1. The SMILES string of the molecule is CCOC(=O)Cn1c2c(c(=O)n3nc(CC)cc13)CN(CCNC(=O)OC(C)(C)C)C2=O.[HH]. The summed E-state index contributed by atoms with van der Waals surface area (Å²) in [6, 6.07) is 1.70. The first kappa shape index (κ1) is 23.3. The summed E-state index contributed by atoms with van der Waals surface area (Å²) in [7, 11) is 0. The lowest BCUT2D eigenvalue weighted by Crippen LogP contribution is -2.38. The Labute approximate surface area is 186 Å². The average molecular weight is 450 g/mol. The third-order valence-electron chi connectivity index (χ3n) is 4.87. The second-order valence-electron chi connectivity index (χ2n) is 8.44. The number of ether oxygens (including phenoxy) is 2. The highest BCUT2D eigenvalue weighted by Gasteiger charge is 2.35. The first-order valence-electron chi connectivity index (χ1n) is 10.6. The van der Waals surface area contributed by atoms with Gasteiger partial charge in [-0.2, -0.15) is 9.61 Å². The molecule has 2 amide bonds. The van der Waals surface area contributed by atoms with Crippen LogP contribution in [0.2, 0.25) is 0 Å². The first-order valence-corrected chi connectivity index (χ1v) is 10.6. The molecule has 2 aromatic rings. The molecule has 2 aromatic heterocycles. The Morgan fingerprint density at radius 3 is 2.59 bits per heavy atom. The van der Waals surface area contributed by atoms with Gasteiger partial charge in [0, 0.05) is 20.6 Å². The topological polar surface area (TPSA) is 124 Å². The van der Waals surface area contributed by atoms with E-state index >= 15 is 0 Å². The molecule has 1 aliphatic heterocycles. The maximum atomic E-state index is 13.2. The van der Waals surface area contributed by atoms with Crippen LogP contribution < -0.4 is 10.9 Å². The molecule has 3 heterocycles. The van der Waals surface area contributed by atoms with Gasteiger partial charge in [-0.05, 0) is 34.1 Å². The number of hydrogen-bond acceptors (Lipinski definition) is 7. The summed E-state index contributed by atoms with van der Waals surface area (Å²) < 4.78 is 13.0. The van der Waals surface area contributed by atoms with Crippen LogP contribution in [0.3, 0.4) is 0 Å². The summed E-state index contributed by atoms with van der Waals surface area (Å²) >= 11 is 0. The van der Waals surface area contributed by atoms with Crippen molar-refractivity contribution in [2.75, 3.05) is 19.7 Å². The molecule has 0 atom stereocenters. The van der Waals surface area contributed by atoms with Gasteiger partial charge in [0.2, 0.25) is 0 Å². The fourth-order valence-electron chi connectivity index (χ4n) is 3.52. The molecule has 0 bridgehead atoms. The van der Waals surface area contributed by atoms with Crippen LogP contribution in [0.4, 0.5) is 4.79 Å². The third-order valence-corrected chi connectivity index (χ3v) is 4.87. The van der Waals surface area contributed by atoms with Crippen LogP contribution in [0.15, 0.2) is 10.9 Å². The largest absolute Gasteiger partial charge is 0.465 e. The number of carbonyl (C=O) groups excluding carboxylic acids is 3. The van der Waals surface area contributed by atoms with Crippen molar-refractivity contribution in [3.05, 3.63) is 33.4 Å². The van der Waals surface area contributed by atoms with Crippen LogP contribution in [-0.4, -0.2) is 62.3 Å². The lowest BCUT2D eigenvalue weighted by molar-refractivity contribution is -0.143. The van der Waals surface area contributed by atoms with Gasteiger partial charge in [-0.1, -0.05) is 6.92 Å². The van der Waals surface area contributed by atoms with Crippen molar-refractivity contribution in [2.45, 2.75) is 59.7 Å². The monoisotopic (exact) mass is 449 g/mol. The van der Waals surface area contributed by atoms with Gasteiger partial charge in [0.1, 0.15) is 23.5 Å². The molecule has 0 saturated heterocycles. The molecule has 32 heavy (non-hydrogen) atoms. The zero-order valence-corrected chi connectivity index (χ0v) is 19.1. The Morgan fingerprint density at radius 1 is 1.25 bits per heavy atom. The van der Waals surface area contributed by atoms with E-state index in [0.717, 1.165) is 0 Å². The first-order chi connectivity index (χ1) is 15.1. The third kappa shape index (κ3) is 4.76. The molecule has 0 aromatic carbocycles. The predicted octanol–water partition coefficient (Wildman–Crippen LogP) is 1.35. The van der Waals surface area contributed by atoms with Gasteiger partial charge in [-0.25, -0.2) is 4.79 Å². The zero-order chi connectivity index (χ0) is 23.6. The van der Waals surface area contributed by atoms with E-state index in [9.17, 15) is 19.2 Å². The summed E-state index contributed by atoms with van der Waals surface area (Å²) in [5, 5.41) is 6.92. The van der Waals surface area contributed by atoms with Crippen LogP contribution >= 0.6 is 0 Å². The normalized spacial score (nSPS) is 13.4. The predicted molar refractivity (Wildman–Crippen MR) is 117 cm³/mol. The average Bonchev–Trinajstić information content (AvgIpc) is 3.26. The van der Waals surface area contributed by atoms with E-state index in [1.807, 2.05) is 6.92 Å². The van der Waals surface area contributed by atoms with Crippen molar-refractivity contribution in [2.24, 2.45) is 0 Å². The molecule has 0 saturated carbocycles. The Morgan fingerprint density at radius 2 is 1.97 bits per heavy atom. The van der Waals surface area contributed by atoms with Gasteiger partial charge in [-0.15, -0.1) is 0 Å². The lowest BCUT2D eigenvalue weighted by Gasteiger charge is -2.21. The van der Waals surface area contributed by atoms with Gasteiger partial charge in [-0.3, -0.25) is 14.4 Å². The maximum Gasteiger partial charge on any atom is 0.407 e. The number of nitrogens with zero attached hydrogens (tertiary/aromatic N) is 4. The highest BCUT2D eigenvalue weighted by Crippen LogP contribution is 2.22. The summed E-state index contributed by atoms with van der Waals surface area (Å²) in [6.45, 7) is 9.23. The second kappa shape index (κ2) is 9.01. The summed E-state index contributed by atoms with van der Waals surface area (Å²) in [4.78, 5) is 51.8. The molecule has 1 N–H and O–H groups in total. The van der Waals surface area contributed by atoms with Crippen LogP contribution in [0.25, 0.3) is 5.65 Å². The van der Waals surface area contributed by atoms with E-state index in [0.29, 0.717) is 17.8 Å². The lowest BCUT2D eigenvalue weighted by atomic mass is 10.2. The molecule has 176 valence electrons. The van der Waals surface area contributed by atoms with Gasteiger partial charge in [0.15, 0.2) is 0 Å². The Hall–Kier alpha value is -3.37. The van der Waals surface area contributed by atoms with Crippen molar-refractivity contribution in [3.63, 3.8) is 0 Å². The Kier molecular flexibility index (Phi) is 6.56.